The van der Waals surface area contributed by atoms with E-state index in [1.165, 1.54) is 35.4 Å². The molecule has 0 aromatic carbocycles. The number of hydrogen-bond donors (Lipinski definition) is 5. The quantitative estimate of drug-likeness (QED) is 0.158. The topological polar surface area (TPSA) is 204 Å². The molecule has 4 rings (SSSR count). The van der Waals surface area contributed by atoms with Crippen molar-refractivity contribution in [1.29, 1.82) is 0 Å². The van der Waals surface area contributed by atoms with Gasteiger partial charge in [0, 0.05) is 11.1 Å². The maximum Gasteiger partial charge on any atom is 0.352 e. The van der Waals surface area contributed by atoms with Gasteiger partial charge in [-0.15, -0.1) is 23.1 Å². The number of carboxylic acid groups (broad SMARTS) is 1. The van der Waals surface area contributed by atoms with Crippen molar-refractivity contribution in [1.82, 2.24) is 20.4 Å². The van der Waals surface area contributed by atoms with E-state index in [4.69, 9.17) is 10.3 Å². The molecule has 166 valence electrons. The first-order valence-electron chi connectivity index (χ1n) is 8.82. The number of hydrogen-bond acceptors (Lipinski definition) is 11. The lowest BCUT2D eigenvalue weighted by Gasteiger charge is -2.49. The average molecular weight is 478 g/mol. The van der Waals surface area contributed by atoms with Gasteiger partial charge >= 0.3 is 5.97 Å². The zero-order valence-electron chi connectivity index (χ0n) is 15.8. The molecule has 4 heterocycles. The van der Waals surface area contributed by atoms with Crippen molar-refractivity contribution < 1.29 is 29.2 Å². The molecule has 13 nitrogen and oxygen atoms in total. The number of nitrogens with one attached hydrogen (secondary N) is 2. The molecule has 0 spiro atoms. The molecular weight excluding hydrogens is 464 g/mol. The van der Waals surface area contributed by atoms with Crippen LogP contribution in [0, 0.1) is 0 Å². The molecule has 6 N–H and O–H groups in total. The summed E-state index contributed by atoms with van der Waals surface area (Å²) in [5.74, 6) is -2.40. The van der Waals surface area contributed by atoms with Crippen molar-refractivity contribution in [2.75, 3.05) is 11.5 Å². The van der Waals surface area contributed by atoms with Gasteiger partial charge in [-0.2, -0.15) is 5.16 Å². The molecule has 2 atom stereocenters. The van der Waals surface area contributed by atoms with Gasteiger partial charge < -0.3 is 25.9 Å². The van der Waals surface area contributed by atoms with Gasteiger partial charge in [0.15, 0.2) is 16.6 Å². The second kappa shape index (κ2) is 8.35. The van der Waals surface area contributed by atoms with Crippen LogP contribution in [0.4, 0.5) is 5.13 Å². The molecule has 2 aliphatic heterocycles. The van der Waals surface area contributed by atoms with E-state index >= 15 is 0 Å². The smallest absolute Gasteiger partial charge is 0.352 e. The Bertz CT molecular complexity index is 1260. The molecule has 1 saturated heterocycles. The summed E-state index contributed by atoms with van der Waals surface area (Å²) in [7, 11) is 0. The largest absolute Gasteiger partial charge is 0.477 e. The molecule has 15 heteroatoms. The highest BCUT2D eigenvalue weighted by molar-refractivity contribution is 8.00. The van der Waals surface area contributed by atoms with Crippen molar-refractivity contribution in [2.45, 2.75) is 11.4 Å². The number of aromatic amines is 1. The Hall–Kier alpha value is -3.85. The molecule has 2 amide bonds. The fourth-order valence-corrected chi connectivity index (χ4v) is 5.02. The van der Waals surface area contributed by atoms with Gasteiger partial charge in [0.2, 0.25) is 0 Å². The molecular formula is C17H14N6O7S2. The number of nitrogen functional groups attached to an aromatic ring is 1. The van der Waals surface area contributed by atoms with Crippen molar-refractivity contribution >= 4 is 57.8 Å². The number of allylic oxidation sites excluding steroid dienone is 1. The van der Waals surface area contributed by atoms with E-state index < -0.39 is 40.5 Å². The van der Waals surface area contributed by atoms with Gasteiger partial charge in [0.25, 0.3) is 17.4 Å². The van der Waals surface area contributed by atoms with E-state index in [0.29, 0.717) is 5.57 Å². The lowest BCUT2D eigenvalue weighted by atomic mass is 10.0. The van der Waals surface area contributed by atoms with Gasteiger partial charge in [-0.1, -0.05) is 11.2 Å². The minimum Gasteiger partial charge on any atom is -0.477 e. The van der Waals surface area contributed by atoms with Crippen LogP contribution < -0.4 is 16.6 Å². The number of oxime groups is 1. The van der Waals surface area contributed by atoms with Crippen molar-refractivity contribution in [3.05, 3.63) is 50.6 Å². The molecule has 1 fully saturated rings. The van der Waals surface area contributed by atoms with Crippen LogP contribution in [-0.2, 0) is 14.4 Å². The second-order valence-electron chi connectivity index (χ2n) is 6.51. The number of rotatable bonds is 6. The maximum absolute atomic E-state index is 12.7. The zero-order chi connectivity index (χ0) is 23.0. The number of carbonyl (C=O) groups is 3. The Labute approximate surface area is 186 Å². The molecule has 0 unspecified atom stereocenters. The van der Waals surface area contributed by atoms with Crippen LogP contribution in [0.25, 0.3) is 6.08 Å². The Morgan fingerprint density at radius 3 is 2.78 bits per heavy atom. The Morgan fingerprint density at radius 2 is 2.19 bits per heavy atom. The predicted octanol–water partition coefficient (Wildman–Crippen LogP) is -0.363. The van der Waals surface area contributed by atoms with E-state index in [-0.39, 0.29) is 28.0 Å². The number of thioether (sulfide) groups is 1. The van der Waals surface area contributed by atoms with Crippen LogP contribution in [0.3, 0.4) is 0 Å². The van der Waals surface area contributed by atoms with Crippen LogP contribution in [-0.4, -0.2) is 66.0 Å². The number of aromatic nitrogens is 2. The number of carbonyl (C=O) groups excluding carboxylic acids is 2. The third-order valence-electron chi connectivity index (χ3n) is 4.56. The Balaban J connectivity index is 1.53. The van der Waals surface area contributed by atoms with E-state index in [0.717, 1.165) is 16.2 Å². The number of aliphatic carboxylic acids is 1. The standard InChI is InChI=1S/C17H14N6O7S2/c18-17-19-8(5-32-17)10(21-29)13(25)20-11-14(26)23-12(16(27)28)6(4-31-15(11)23)1-2-7-3-9(24)22-30-7/h1-3,5,11,15,29H,4H2,(H2,18,19)(H,20,25)(H,22,24)(H,27,28)/b2-1-,21-10-/t11-,15-/m1/s1. The third-order valence-corrected chi connectivity index (χ3v) is 6.53. The monoisotopic (exact) mass is 478 g/mol. The number of β-lactam (4-membered cyclic amide) rings is 1. The molecule has 0 aliphatic carbocycles. The van der Waals surface area contributed by atoms with Gasteiger partial charge in [0.1, 0.15) is 22.8 Å². The molecule has 2 aromatic heterocycles. The van der Waals surface area contributed by atoms with Crippen LogP contribution in [0.15, 0.2) is 43.3 Å². The SMILES string of the molecule is Nc1nc(/C(=N/O)C(=O)N[C@@H]2C(=O)N3C(C(=O)O)=C(/C=C\c4cc(=O)[nH]o4)CS[C@H]23)cs1. The predicted molar refractivity (Wildman–Crippen MR) is 113 cm³/mol. The van der Waals surface area contributed by atoms with Crippen LogP contribution >= 0.6 is 23.1 Å². The van der Waals surface area contributed by atoms with Crippen LogP contribution in [0.5, 0.6) is 0 Å². The summed E-state index contributed by atoms with van der Waals surface area (Å²) in [5.41, 5.74) is 4.80. The van der Waals surface area contributed by atoms with E-state index in [1.807, 2.05) is 0 Å². The van der Waals surface area contributed by atoms with E-state index in [2.05, 4.69) is 20.6 Å². The minimum atomic E-state index is -1.32. The molecule has 0 saturated carbocycles. The van der Waals surface area contributed by atoms with Crippen LogP contribution in [0.2, 0.25) is 0 Å². The number of fused-ring (bicyclic) bond motifs is 1. The highest BCUT2D eigenvalue weighted by Crippen LogP contribution is 2.40. The summed E-state index contributed by atoms with van der Waals surface area (Å²) in [6.45, 7) is 0. The fraction of sp³-hybridized carbons (Fsp3) is 0.176. The highest BCUT2D eigenvalue weighted by atomic mass is 32.2. The lowest BCUT2D eigenvalue weighted by Crippen LogP contribution is -2.71. The number of nitrogens with zero attached hydrogens (tertiary/aromatic N) is 3. The number of amides is 2. The number of H-pyrrole nitrogens is 1. The Morgan fingerprint density at radius 1 is 1.41 bits per heavy atom. The Kier molecular flexibility index (Phi) is 5.58. The summed E-state index contributed by atoms with van der Waals surface area (Å²) in [4.78, 5) is 53.1. The molecule has 2 aromatic rings. The number of nitrogens with two attached hydrogens (primary N) is 1. The maximum atomic E-state index is 12.7. The summed E-state index contributed by atoms with van der Waals surface area (Å²) in [5, 5.41) is 27.3. The third kappa shape index (κ3) is 3.78. The molecule has 2 aliphatic rings. The fourth-order valence-electron chi connectivity index (χ4n) is 3.15. The number of thiazole rings is 1. The summed E-state index contributed by atoms with van der Waals surface area (Å²) < 4.78 is 4.89. The average Bonchev–Trinajstić information content (AvgIpc) is 3.38. The van der Waals surface area contributed by atoms with Crippen LogP contribution in [0.1, 0.15) is 11.5 Å². The first kappa shape index (κ1) is 21.4. The van der Waals surface area contributed by atoms with Crippen molar-refractivity contribution in [3.63, 3.8) is 0 Å². The summed E-state index contributed by atoms with van der Waals surface area (Å²) in [6, 6.07) is 0.162. The number of anilines is 1. The van der Waals surface area contributed by atoms with E-state index in [9.17, 15) is 29.5 Å². The summed E-state index contributed by atoms with van der Waals surface area (Å²) >= 11 is 2.28. The molecule has 0 bridgehead atoms. The lowest BCUT2D eigenvalue weighted by molar-refractivity contribution is -0.150. The van der Waals surface area contributed by atoms with Crippen molar-refractivity contribution in [3.8, 4) is 0 Å². The highest BCUT2D eigenvalue weighted by Gasteiger charge is 2.54. The van der Waals surface area contributed by atoms with E-state index in [1.54, 1.807) is 0 Å². The molecule has 0 radical (unpaired) electrons. The second-order valence-corrected chi connectivity index (χ2v) is 8.50. The number of carboxylic acids is 1. The van der Waals surface area contributed by atoms with Gasteiger partial charge in [-0.05, 0) is 11.6 Å². The zero-order valence-corrected chi connectivity index (χ0v) is 17.5. The van der Waals surface area contributed by atoms with Gasteiger partial charge in [-0.25, -0.2) is 9.78 Å². The minimum absolute atomic E-state index is 0.0439. The van der Waals surface area contributed by atoms with Gasteiger partial charge in [-0.3, -0.25) is 19.3 Å². The first-order chi connectivity index (χ1) is 15.3. The van der Waals surface area contributed by atoms with Gasteiger partial charge in [0.05, 0.1) is 6.07 Å². The first-order valence-corrected chi connectivity index (χ1v) is 10.7. The summed E-state index contributed by atoms with van der Waals surface area (Å²) in [6.07, 6.45) is 2.85. The molecule has 32 heavy (non-hydrogen) atoms. The van der Waals surface area contributed by atoms with Crippen molar-refractivity contribution in [2.24, 2.45) is 5.16 Å². The normalized spacial score (nSPS) is 20.9.